The molecule has 1 aliphatic heterocycles. The second-order valence-electron chi connectivity index (χ2n) is 7.01. The maximum atomic E-state index is 12.1. The second kappa shape index (κ2) is 8.50. The van der Waals surface area contributed by atoms with Gasteiger partial charge in [-0.25, -0.2) is 15.0 Å². The number of nitrogens with one attached hydrogen (secondary N) is 2. The molecule has 4 N–H and O–H groups in total. The molecule has 4 heterocycles. The minimum absolute atomic E-state index is 0.237. The number of aromatic nitrogens is 5. The minimum Gasteiger partial charge on any atom is -0.383 e. The van der Waals surface area contributed by atoms with Gasteiger partial charge in [0.05, 0.1) is 30.6 Å². The number of primary amides is 1. The molecule has 0 aliphatic carbocycles. The third-order valence-corrected chi connectivity index (χ3v) is 4.95. The molecular weight excluding hydrogens is 372 g/mol. The Kier molecular flexibility index (Phi) is 5.63. The lowest BCUT2D eigenvalue weighted by atomic mass is 10.1. The van der Waals surface area contributed by atoms with Crippen molar-refractivity contribution in [3.8, 4) is 11.3 Å². The van der Waals surface area contributed by atoms with Gasteiger partial charge in [0.2, 0.25) is 0 Å². The molecule has 29 heavy (non-hydrogen) atoms. The number of pyridine rings is 1. The third kappa shape index (κ3) is 4.17. The van der Waals surface area contributed by atoms with Gasteiger partial charge in [-0.2, -0.15) is 5.10 Å². The molecule has 10 nitrogen and oxygen atoms in total. The van der Waals surface area contributed by atoms with E-state index < -0.39 is 5.91 Å². The first kappa shape index (κ1) is 19.2. The summed E-state index contributed by atoms with van der Waals surface area (Å²) >= 11 is 0. The smallest absolute Gasteiger partial charge is 0.251 e. The Bertz CT molecular complexity index is 1010. The molecule has 3 aromatic heterocycles. The Labute approximate surface area is 167 Å². The van der Waals surface area contributed by atoms with E-state index >= 15 is 0 Å². The van der Waals surface area contributed by atoms with Crippen LogP contribution in [0.1, 0.15) is 23.2 Å². The van der Waals surface area contributed by atoms with Crippen LogP contribution in [-0.4, -0.2) is 63.5 Å². The van der Waals surface area contributed by atoms with E-state index in [4.69, 9.17) is 15.5 Å². The van der Waals surface area contributed by atoms with Gasteiger partial charge in [-0.15, -0.1) is 0 Å². The Morgan fingerprint density at radius 3 is 3.07 bits per heavy atom. The summed E-state index contributed by atoms with van der Waals surface area (Å²) in [7, 11) is 1.64. The number of nitrogens with zero attached hydrogens (tertiary/aromatic N) is 5. The van der Waals surface area contributed by atoms with E-state index in [1.807, 2.05) is 6.20 Å². The number of rotatable bonds is 7. The van der Waals surface area contributed by atoms with Crippen LogP contribution in [-0.2, 0) is 11.3 Å². The molecular formula is C19H24N8O2. The molecule has 0 aromatic carbocycles. The van der Waals surface area contributed by atoms with Crippen molar-refractivity contribution in [1.82, 2.24) is 30.0 Å². The SMILES string of the molecule is COCCn1cc(-c2cc(C(N)=O)c3ncnc(N[C@H]4CCCNC4)c3n2)cn1. The van der Waals surface area contributed by atoms with Gasteiger partial charge in [0.25, 0.3) is 5.91 Å². The van der Waals surface area contributed by atoms with Crippen LogP contribution in [0.25, 0.3) is 22.3 Å². The lowest BCUT2D eigenvalue weighted by molar-refractivity contribution is 0.100. The number of nitrogens with two attached hydrogens (primary N) is 1. The van der Waals surface area contributed by atoms with Gasteiger partial charge in [0, 0.05) is 31.5 Å². The highest BCUT2D eigenvalue weighted by atomic mass is 16.5. The molecule has 1 amide bonds. The topological polar surface area (TPSA) is 133 Å². The highest BCUT2D eigenvalue weighted by Gasteiger charge is 2.19. The zero-order valence-corrected chi connectivity index (χ0v) is 16.3. The molecule has 3 aromatic rings. The first-order valence-corrected chi connectivity index (χ1v) is 9.60. The first-order valence-electron chi connectivity index (χ1n) is 9.60. The number of methoxy groups -OCH3 is 1. The standard InChI is InChI=1S/C19H24N8O2/c1-29-6-5-27-10-12(8-24-27)15-7-14(18(20)28)16-17(26-15)19(23-11-22-16)25-13-3-2-4-21-9-13/h7-8,10-11,13,21H,2-6,9H2,1H3,(H2,20,28)(H,22,23,25)/t13-/m0/s1. The number of hydrogen-bond acceptors (Lipinski definition) is 8. The lowest BCUT2D eigenvalue weighted by Gasteiger charge is -2.24. The highest BCUT2D eigenvalue weighted by Crippen LogP contribution is 2.27. The maximum absolute atomic E-state index is 12.1. The molecule has 152 valence electrons. The van der Waals surface area contributed by atoms with Crippen LogP contribution in [0.5, 0.6) is 0 Å². The fourth-order valence-corrected chi connectivity index (χ4v) is 3.45. The van der Waals surface area contributed by atoms with E-state index in [-0.39, 0.29) is 6.04 Å². The molecule has 0 spiro atoms. The van der Waals surface area contributed by atoms with Crippen molar-refractivity contribution in [2.75, 3.05) is 32.1 Å². The van der Waals surface area contributed by atoms with E-state index in [0.717, 1.165) is 31.5 Å². The summed E-state index contributed by atoms with van der Waals surface area (Å²) in [5.41, 5.74) is 8.28. The first-order chi connectivity index (χ1) is 14.2. The molecule has 0 bridgehead atoms. The zero-order chi connectivity index (χ0) is 20.2. The van der Waals surface area contributed by atoms with Crippen LogP contribution in [0.4, 0.5) is 5.82 Å². The van der Waals surface area contributed by atoms with E-state index in [9.17, 15) is 4.79 Å². The molecule has 0 saturated carbocycles. The number of amides is 1. The molecule has 1 aliphatic rings. The van der Waals surface area contributed by atoms with Gasteiger partial charge in [0.15, 0.2) is 5.82 Å². The predicted octanol–water partition coefficient (Wildman–Crippen LogP) is 0.798. The Morgan fingerprint density at radius 2 is 2.31 bits per heavy atom. The van der Waals surface area contributed by atoms with Crippen LogP contribution >= 0.6 is 0 Å². The van der Waals surface area contributed by atoms with Crippen LogP contribution in [0.3, 0.4) is 0 Å². The van der Waals surface area contributed by atoms with Gasteiger partial charge in [-0.05, 0) is 25.5 Å². The minimum atomic E-state index is -0.561. The molecule has 4 rings (SSSR count). The van der Waals surface area contributed by atoms with Crippen molar-refractivity contribution in [2.45, 2.75) is 25.4 Å². The average Bonchev–Trinajstić information content (AvgIpc) is 3.21. The van der Waals surface area contributed by atoms with E-state index in [1.54, 1.807) is 24.1 Å². The van der Waals surface area contributed by atoms with E-state index in [2.05, 4.69) is 25.7 Å². The van der Waals surface area contributed by atoms with Crippen LogP contribution in [0, 0.1) is 0 Å². The summed E-state index contributed by atoms with van der Waals surface area (Å²) in [5.74, 6) is 0.0363. The number of carbonyl (C=O) groups is 1. The van der Waals surface area contributed by atoms with E-state index in [1.165, 1.54) is 6.33 Å². The monoisotopic (exact) mass is 396 g/mol. The average molecular weight is 396 g/mol. The van der Waals surface area contributed by atoms with Crippen molar-refractivity contribution in [3.05, 3.63) is 30.4 Å². The number of anilines is 1. The summed E-state index contributed by atoms with van der Waals surface area (Å²) in [6.07, 6.45) is 7.12. The van der Waals surface area contributed by atoms with Gasteiger partial charge in [0.1, 0.15) is 17.4 Å². The molecule has 0 unspecified atom stereocenters. The van der Waals surface area contributed by atoms with Crippen LogP contribution < -0.4 is 16.4 Å². The summed E-state index contributed by atoms with van der Waals surface area (Å²) in [5, 5.41) is 11.1. The summed E-state index contributed by atoms with van der Waals surface area (Å²) in [4.78, 5) is 25.5. The number of fused-ring (bicyclic) bond motifs is 1. The van der Waals surface area contributed by atoms with Crippen molar-refractivity contribution >= 4 is 22.8 Å². The molecule has 10 heteroatoms. The number of piperidine rings is 1. The van der Waals surface area contributed by atoms with Crippen molar-refractivity contribution in [1.29, 1.82) is 0 Å². The van der Waals surface area contributed by atoms with Crippen LogP contribution in [0.2, 0.25) is 0 Å². The molecule has 1 saturated heterocycles. The molecule has 1 atom stereocenters. The summed E-state index contributed by atoms with van der Waals surface area (Å²) < 4.78 is 6.86. The van der Waals surface area contributed by atoms with Gasteiger partial charge < -0.3 is 21.1 Å². The Morgan fingerprint density at radius 1 is 1.41 bits per heavy atom. The van der Waals surface area contributed by atoms with Gasteiger partial charge in [-0.1, -0.05) is 0 Å². The summed E-state index contributed by atoms with van der Waals surface area (Å²) in [6, 6.07) is 1.89. The normalized spacial score (nSPS) is 16.8. The Balaban J connectivity index is 1.76. The van der Waals surface area contributed by atoms with Crippen molar-refractivity contribution in [2.24, 2.45) is 5.73 Å². The van der Waals surface area contributed by atoms with E-state index in [0.29, 0.717) is 41.3 Å². The fourth-order valence-electron chi connectivity index (χ4n) is 3.45. The van der Waals surface area contributed by atoms with Crippen molar-refractivity contribution in [3.63, 3.8) is 0 Å². The highest BCUT2D eigenvalue weighted by molar-refractivity contribution is 6.06. The van der Waals surface area contributed by atoms with Gasteiger partial charge >= 0.3 is 0 Å². The third-order valence-electron chi connectivity index (χ3n) is 4.95. The molecule has 1 fully saturated rings. The second-order valence-corrected chi connectivity index (χ2v) is 7.01. The largest absolute Gasteiger partial charge is 0.383 e. The quantitative estimate of drug-likeness (QED) is 0.534. The van der Waals surface area contributed by atoms with Crippen molar-refractivity contribution < 1.29 is 9.53 Å². The zero-order valence-electron chi connectivity index (χ0n) is 16.3. The number of ether oxygens (including phenoxy) is 1. The number of carbonyl (C=O) groups excluding carboxylic acids is 1. The molecule has 0 radical (unpaired) electrons. The predicted molar refractivity (Wildman–Crippen MR) is 108 cm³/mol. The lowest BCUT2D eigenvalue weighted by Crippen LogP contribution is -2.38. The van der Waals surface area contributed by atoms with Crippen LogP contribution in [0.15, 0.2) is 24.8 Å². The number of hydrogen-bond donors (Lipinski definition) is 3. The maximum Gasteiger partial charge on any atom is 0.251 e. The fraction of sp³-hybridized carbons (Fsp3) is 0.421. The summed E-state index contributed by atoms with van der Waals surface area (Å²) in [6.45, 7) is 3.04. The van der Waals surface area contributed by atoms with Gasteiger partial charge in [-0.3, -0.25) is 9.48 Å². The Hall–Kier alpha value is -3.11.